The van der Waals surface area contributed by atoms with Crippen LogP contribution in [-0.2, 0) is 11.2 Å². The summed E-state index contributed by atoms with van der Waals surface area (Å²) < 4.78 is 5.85. The molecule has 0 saturated carbocycles. The zero-order valence-electron chi connectivity index (χ0n) is 17.9. The standard InChI is InChI=1S/C23H25N5O4/c1-4-32-18-13-16(15-7-5-6-14(12-15)8-11-19(29)28-31)9-10-17(18)21-26-22(25-3)20(24-2)23(30)27-21/h5-7,9-10,12-13,31H,2,4,8,11H2,1,3H3,(H,28,29)(H2,25,26,27,30). The number of H-pyrrole nitrogens is 1. The first kappa shape index (κ1) is 22.7. The van der Waals surface area contributed by atoms with Crippen LogP contribution < -0.4 is 21.1 Å². The third kappa shape index (κ3) is 5.01. The van der Waals surface area contributed by atoms with Gasteiger partial charge in [0.1, 0.15) is 11.6 Å². The second kappa shape index (κ2) is 10.4. The van der Waals surface area contributed by atoms with Gasteiger partial charge in [0.25, 0.3) is 5.56 Å². The van der Waals surface area contributed by atoms with Crippen LogP contribution in [0.2, 0.25) is 0 Å². The van der Waals surface area contributed by atoms with E-state index in [0.717, 1.165) is 16.7 Å². The van der Waals surface area contributed by atoms with Gasteiger partial charge in [-0.3, -0.25) is 19.8 Å². The minimum atomic E-state index is -0.432. The van der Waals surface area contributed by atoms with Crippen molar-refractivity contribution in [3.8, 4) is 28.3 Å². The second-order valence-corrected chi connectivity index (χ2v) is 6.90. The number of anilines is 1. The molecule has 2 aromatic carbocycles. The molecule has 9 nitrogen and oxygen atoms in total. The first-order chi connectivity index (χ1) is 15.5. The van der Waals surface area contributed by atoms with Crippen molar-refractivity contribution in [1.29, 1.82) is 0 Å². The molecule has 9 heteroatoms. The lowest BCUT2D eigenvalue weighted by molar-refractivity contribution is -0.129. The molecule has 0 aliphatic carbocycles. The van der Waals surface area contributed by atoms with Gasteiger partial charge in [-0.25, -0.2) is 10.5 Å². The minimum absolute atomic E-state index is 0.123. The summed E-state index contributed by atoms with van der Waals surface area (Å²) in [5, 5.41) is 11.5. The number of hydrogen-bond donors (Lipinski definition) is 4. The molecule has 3 aromatic rings. The van der Waals surface area contributed by atoms with Crippen LogP contribution in [-0.4, -0.2) is 41.5 Å². The number of aromatic amines is 1. The van der Waals surface area contributed by atoms with Gasteiger partial charge < -0.3 is 15.0 Å². The molecule has 1 amide bonds. The van der Waals surface area contributed by atoms with Crippen molar-refractivity contribution in [2.24, 2.45) is 4.99 Å². The van der Waals surface area contributed by atoms with E-state index in [1.807, 2.05) is 49.4 Å². The second-order valence-electron chi connectivity index (χ2n) is 6.90. The zero-order valence-corrected chi connectivity index (χ0v) is 17.9. The van der Waals surface area contributed by atoms with Crippen LogP contribution in [0, 0.1) is 0 Å². The van der Waals surface area contributed by atoms with E-state index < -0.39 is 11.5 Å². The number of carbonyl (C=O) groups excluding carboxylic acids is 1. The van der Waals surface area contributed by atoms with Gasteiger partial charge in [-0.05, 0) is 48.9 Å². The van der Waals surface area contributed by atoms with Crippen molar-refractivity contribution in [2.45, 2.75) is 19.8 Å². The molecule has 0 unspecified atom stereocenters. The van der Waals surface area contributed by atoms with Crippen LogP contribution in [0.3, 0.4) is 0 Å². The summed E-state index contributed by atoms with van der Waals surface area (Å²) in [4.78, 5) is 34.7. The Morgan fingerprint density at radius 3 is 2.72 bits per heavy atom. The van der Waals surface area contributed by atoms with E-state index in [-0.39, 0.29) is 12.1 Å². The van der Waals surface area contributed by atoms with E-state index in [2.05, 4.69) is 27.0 Å². The molecule has 4 N–H and O–H groups in total. The van der Waals surface area contributed by atoms with Crippen molar-refractivity contribution in [2.75, 3.05) is 19.0 Å². The monoisotopic (exact) mass is 435 g/mol. The molecule has 0 saturated heterocycles. The van der Waals surface area contributed by atoms with Gasteiger partial charge in [-0.1, -0.05) is 30.3 Å². The van der Waals surface area contributed by atoms with Crippen molar-refractivity contribution < 1.29 is 14.7 Å². The maximum atomic E-state index is 12.4. The number of carbonyl (C=O) groups is 1. The summed E-state index contributed by atoms with van der Waals surface area (Å²) in [6.07, 6.45) is 0.684. The molecule has 0 atom stereocenters. The fourth-order valence-electron chi connectivity index (χ4n) is 3.31. The Kier molecular flexibility index (Phi) is 7.35. The first-order valence-corrected chi connectivity index (χ1v) is 10.1. The first-order valence-electron chi connectivity index (χ1n) is 10.1. The average molecular weight is 435 g/mol. The number of aliphatic imine (C=N–C) groups is 1. The average Bonchev–Trinajstić information content (AvgIpc) is 2.82. The minimum Gasteiger partial charge on any atom is -0.493 e. The molecule has 1 aromatic heterocycles. The van der Waals surface area contributed by atoms with Crippen molar-refractivity contribution in [3.63, 3.8) is 0 Å². The third-order valence-corrected chi connectivity index (χ3v) is 4.85. The Bertz CT molecular complexity index is 1190. The SMILES string of the molecule is C=Nc1c(NC)nc(-c2ccc(-c3cccc(CCC(=O)NO)c3)cc2OCC)[nH]c1=O. The van der Waals surface area contributed by atoms with Crippen LogP contribution in [0.25, 0.3) is 22.5 Å². The molecule has 1 heterocycles. The van der Waals surface area contributed by atoms with Gasteiger partial charge in [0.2, 0.25) is 5.91 Å². The van der Waals surface area contributed by atoms with Crippen molar-refractivity contribution in [1.82, 2.24) is 15.4 Å². The molecular weight excluding hydrogens is 410 g/mol. The van der Waals surface area contributed by atoms with Gasteiger partial charge in [0.15, 0.2) is 11.5 Å². The highest BCUT2D eigenvalue weighted by molar-refractivity contribution is 5.76. The largest absolute Gasteiger partial charge is 0.493 e. The maximum absolute atomic E-state index is 12.4. The zero-order chi connectivity index (χ0) is 23.1. The molecule has 0 bridgehead atoms. The van der Waals surface area contributed by atoms with Gasteiger partial charge in [-0.15, -0.1) is 0 Å². The molecule has 0 spiro atoms. The van der Waals surface area contributed by atoms with Gasteiger partial charge in [0, 0.05) is 13.5 Å². The molecule has 166 valence electrons. The fraction of sp³-hybridized carbons (Fsp3) is 0.217. The van der Waals surface area contributed by atoms with E-state index in [1.165, 1.54) is 0 Å². The maximum Gasteiger partial charge on any atom is 0.279 e. The molecular formula is C23H25N5O4. The Hall–Kier alpha value is -3.98. The van der Waals surface area contributed by atoms with Crippen LogP contribution in [0.1, 0.15) is 18.9 Å². The summed E-state index contributed by atoms with van der Waals surface area (Å²) in [5.74, 6) is 0.813. The molecule has 0 radical (unpaired) electrons. The number of amides is 1. The molecule has 3 rings (SSSR count). The Morgan fingerprint density at radius 2 is 2.03 bits per heavy atom. The Labute approximate surface area is 185 Å². The number of aromatic nitrogens is 2. The van der Waals surface area contributed by atoms with Crippen LogP contribution in [0.4, 0.5) is 11.5 Å². The summed E-state index contributed by atoms with van der Waals surface area (Å²) in [6.45, 7) is 5.73. The number of nitrogens with zero attached hydrogens (tertiary/aromatic N) is 2. The van der Waals surface area contributed by atoms with Crippen LogP contribution >= 0.6 is 0 Å². The lowest BCUT2D eigenvalue weighted by Crippen LogP contribution is -2.18. The fourth-order valence-corrected chi connectivity index (χ4v) is 3.31. The smallest absolute Gasteiger partial charge is 0.279 e. The number of hydrogen-bond acceptors (Lipinski definition) is 7. The summed E-state index contributed by atoms with van der Waals surface area (Å²) in [6, 6.07) is 13.4. The molecule has 32 heavy (non-hydrogen) atoms. The van der Waals surface area contributed by atoms with E-state index >= 15 is 0 Å². The number of benzene rings is 2. The van der Waals surface area contributed by atoms with Gasteiger partial charge >= 0.3 is 0 Å². The van der Waals surface area contributed by atoms with Crippen molar-refractivity contribution in [3.05, 3.63) is 58.4 Å². The van der Waals surface area contributed by atoms with Crippen LogP contribution in [0.5, 0.6) is 5.75 Å². The summed E-state index contributed by atoms with van der Waals surface area (Å²) in [7, 11) is 1.66. The van der Waals surface area contributed by atoms with E-state index in [4.69, 9.17) is 9.94 Å². The number of rotatable bonds is 9. The van der Waals surface area contributed by atoms with Crippen LogP contribution in [0.15, 0.2) is 52.3 Å². The van der Waals surface area contributed by atoms with Gasteiger partial charge in [0.05, 0.1) is 12.2 Å². The topological polar surface area (TPSA) is 129 Å². The molecule has 0 aliphatic rings. The third-order valence-electron chi connectivity index (χ3n) is 4.85. The predicted octanol–water partition coefficient (Wildman–Crippen LogP) is 3.31. The number of nitrogens with one attached hydrogen (secondary N) is 3. The predicted molar refractivity (Wildman–Crippen MR) is 124 cm³/mol. The van der Waals surface area contributed by atoms with Crippen molar-refractivity contribution >= 4 is 24.1 Å². The van der Waals surface area contributed by atoms with E-state index in [0.29, 0.717) is 36.0 Å². The number of hydroxylamine groups is 1. The van der Waals surface area contributed by atoms with Gasteiger partial charge in [-0.2, -0.15) is 0 Å². The highest BCUT2D eigenvalue weighted by Crippen LogP contribution is 2.34. The molecule has 0 aliphatic heterocycles. The quantitative estimate of drug-likeness (QED) is 0.232. The summed E-state index contributed by atoms with van der Waals surface area (Å²) in [5.41, 5.74) is 4.82. The Balaban J connectivity index is 2.01. The molecule has 0 fully saturated rings. The highest BCUT2D eigenvalue weighted by atomic mass is 16.5. The van der Waals surface area contributed by atoms with E-state index in [9.17, 15) is 9.59 Å². The number of aryl methyl sites for hydroxylation is 1. The lowest BCUT2D eigenvalue weighted by atomic mass is 9.99. The Morgan fingerprint density at radius 1 is 1.25 bits per heavy atom. The van der Waals surface area contributed by atoms with E-state index in [1.54, 1.807) is 12.5 Å². The normalized spacial score (nSPS) is 10.5. The lowest BCUT2D eigenvalue weighted by Gasteiger charge is -2.14. The number of ether oxygens (including phenoxy) is 1. The highest BCUT2D eigenvalue weighted by Gasteiger charge is 2.15. The summed E-state index contributed by atoms with van der Waals surface area (Å²) >= 11 is 0.